The van der Waals surface area contributed by atoms with E-state index in [-0.39, 0.29) is 18.1 Å². The van der Waals surface area contributed by atoms with Gasteiger partial charge in [-0.05, 0) is 78.1 Å². The average molecular weight is 447 g/mol. The van der Waals surface area contributed by atoms with E-state index in [2.05, 4.69) is 5.32 Å². The van der Waals surface area contributed by atoms with E-state index in [4.69, 9.17) is 4.42 Å². The molecular formula is C26H22FNO5. The maximum Gasteiger partial charge on any atom is 0.335 e. The number of carboxylic acids is 1. The van der Waals surface area contributed by atoms with Gasteiger partial charge < -0.3 is 19.9 Å². The van der Waals surface area contributed by atoms with Crippen molar-refractivity contribution in [1.29, 1.82) is 0 Å². The lowest BCUT2D eigenvalue weighted by Crippen LogP contribution is -2.18. The summed E-state index contributed by atoms with van der Waals surface area (Å²) in [5, 5.41) is 21.9. The highest BCUT2D eigenvalue weighted by atomic mass is 19.1. The van der Waals surface area contributed by atoms with Gasteiger partial charge in [0.1, 0.15) is 17.2 Å². The molecule has 1 heterocycles. The Kier molecular flexibility index (Phi) is 6.24. The number of carbonyl (C=O) groups is 2. The molecule has 0 radical (unpaired) electrons. The van der Waals surface area contributed by atoms with Gasteiger partial charge in [0.05, 0.1) is 11.1 Å². The monoisotopic (exact) mass is 447 g/mol. The summed E-state index contributed by atoms with van der Waals surface area (Å²) in [5.74, 6) is -1.48. The van der Waals surface area contributed by atoms with Gasteiger partial charge in [0, 0.05) is 24.6 Å². The molecule has 0 saturated heterocycles. The number of carbonyl (C=O) groups excluding carboxylic acids is 1. The fourth-order valence-corrected chi connectivity index (χ4v) is 3.90. The van der Waals surface area contributed by atoms with Gasteiger partial charge in [0.25, 0.3) is 5.91 Å². The van der Waals surface area contributed by atoms with Crippen LogP contribution in [0.2, 0.25) is 0 Å². The standard InChI is InChI=1S/C26H22FNO5/c1-28-25(30)23-21-14-20(16-4-2-5-18(12-16)26(31)32)17(6-3-11-29)13-22(21)33-24(23)15-7-9-19(27)10-8-15/h2,4-5,7-10,12-14,29H,3,6,11H2,1H3,(H,28,30)(H,31,32). The molecule has 0 aliphatic rings. The second-order valence-corrected chi connectivity index (χ2v) is 7.61. The van der Waals surface area contributed by atoms with Crippen molar-refractivity contribution in [3.8, 4) is 22.5 Å². The van der Waals surface area contributed by atoms with E-state index < -0.39 is 11.8 Å². The Balaban J connectivity index is 1.99. The summed E-state index contributed by atoms with van der Waals surface area (Å²) < 4.78 is 19.5. The molecule has 4 aromatic rings. The third-order valence-electron chi connectivity index (χ3n) is 5.50. The number of aryl methyl sites for hydroxylation is 1. The number of benzene rings is 3. The van der Waals surface area contributed by atoms with Crippen LogP contribution in [0.25, 0.3) is 33.4 Å². The fraction of sp³-hybridized carbons (Fsp3) is 0.154. The van der Waals surface area contributed by atoms with Crippen LogP contribution in [0, 0.1) is 5.82 Å². The normalized spacial score (nSPS) is 11.0. The van der Waals surface area contributed by atoms with E-state index in [1.807, 2.05) is 12.1 Å². The number of furan rings is 1. The number of hydrogen-bond donors (Lipinski definition) is 3. The molecule has 6 nitrogen and oxygen atoms in total. The number of hydrogen-bond acceptors (Lipinski definition) is 4. The smallest absolute Gasteiger partial charge is 0.335 e. The van der Waals surface area contributed by atoms with Crippen LogP contribution in [0.1, 0.15) is 32.7 Å². The lowest BCUT2D eigenvalue weighted by atomic mass is 9.93. The first-order valence-electron chi connectivity index (χ1n) is 10.4. The van der Waals surface area contributed by atoms with Crippen LogP contribution in [0.3, 0.4) is 0 Å². The van der Waals surface area contributed by atoms with E-state index in [9.17, 15) is 24.2 Å². The van der Waals surface area contributed by atoms with Crippen LogP contribution in [-0.4, -0.2) is 35.7 Å². The number of nitrogens with one attached hydrogen (secondary N) is 1. The number of amides is 1. The lowest BCUT2D eigenvalue weighted by Gasteiger charge is -2.11. The number of carboxylic acid groups (broad SMARTS) is 1. The molecule has 0 spiro atoms. The molecule has 3 aromatic carbocycles. The van der Waals surface area contributed by atoms with Crippen molar-refractivity contribution < 1.29 is 28.6 Å². The Bertz CT molecular complexity index is 1340. The van der Waals surface area contributed by atoms with Gasteiger partial charge in [-0.15, -0.1) is 0 Å². The Hall–Kier alpha value is -3.97. The summed E-state index contributed by atoms with van der Waals surface area (Å²) in [5.41, 5.74) is 3.75. The van der Waals surface area contributed by atoms with Crippen molar-refractivity contribution in [2.24, 2.45) is 0 Å². The van der Waals surface area contributed by atoms with Gasteiger partial charge in [-0.1, -0.05) is 12.1 Å². The third kappa shape index (κ3) is 4.36. The summed E-state index contributed by atoms with van der Waals surface area (Å²) in [6.07, 6.45) is 1.03. The number of fused-ring (bicyclic) bond motifs is 1. The van der Waals surface area contributed by atoms with Crippen LogP contribution in [-0.2, 0) is 6.42 Å². The predicted octanol–water partition coefficient (Wildman–Crippen LogP) is 4.89. The maximum absolute atomic E-state index is 13.5. The molecule has 33 heavy (non-hydrogen) atoms. The predicted molar refractivity (Wildman–Crippen MR) is 123 cm³/mol. The first-order valence-corrected chi connectivity index (χ1v) is 10.4. The Labute approximate surface area is 189 Å². The molecular weight excluding hydrogens is 425 g/mol. The average Bonchev–Trinajstić information content (AvgIpc) is 3.20. The number of aliphatic hydroxyl groups excluding tert-OH is 1. The first-order chi connectivity index (χ1) is 15.9. The zero-order valence-corrected chi connectivity index (χ0v) is 17.9. The molecule has 0 fully saturated rings. The zero-order chi connectivity index (χ0) is 23.5. The Morgan fingerprint density at radius 1 is 1.03 bits per heavy atom. The summed E-state index contributed by atoms with van der Waals surface area (Å²) in [6, 6.07) is 15.9. The van der Waals surface area contributed by atoms with Gasteiger partial charge in [-0.25, -0.2) is 9.18 Å². The molecule has 1 aromatic heterocycles. The van der Waals surface area contributed by atoms with E-state index in [1.165, 1.54) is 25.2 Å². The minimum atomic E-state index is -1.04. The van der Waals surface area contributed by atoms with Gasteiger partial charge in [-0.3, -0.25) is 4.79 Å². The number of aliphatic hydroxyl groups is 1. The molecule has 0 atom stereocenters. The number of aromatic carboxylic acids is 1. The van der Waals surface area contributed by atoms with Crippen LogP contribution in [0.4, 0.5) is 4.39 Å². The van der Waals surface area contributed by atoms with Crippen LogP contribution < -0.4 is 5.32 Å². The van der Waals surface area contributed by atoms with Gasteiger partial charge in [0.2, 0.25) is 0 Å². The molecule has 3 N–H and O–H groups in total. The summed E-state index contributed by atoms with van der Waals surface area (Å²) in [6.45, 7) is -0.00484. The van der Waals surface area contributed by atoms with E-state index in [1.54, 1.807) is 30.3 Å². The molecule has 0 aliphatic carbocycles. The third-order valence-corrected chi connectivity index (χ3v) is 5.50. The highest BCUT2D eigenvalue weighted by Gasteiger charge is 2.23. The van der Waals surface area contributed by atoms with Crippen LogP contribution in [0.5, 0.6) is 0 Å². The van der Waals surface area contributed by atoms with Crippen molar-refractivity contribution in [3.05, 3.63) is 83.2 Å². The number of rotatable bonds is 7. The van der Waals surface area contributed by atoms with E-state index >= 15 is 0 Å². The topological polar surface area (TPSA) is 99.8 Å². The zero-order valence-electron chi connectivity index (χ0n) is 17.9. The van der Waals surface area contributed by atoms with Gasteiger partial charge >= 0.3 is 5.97 Å². The Morgan fingerprint density at radius 2 is 1.79 bits per heavy atom. The maximum atomic E-state index is 13.5. The second-order valence-electron chi connectivity index (χ2n) is 7.61. The van der Waals surface area contributed by atoms with Crippen molar-refractivity contribution in [1.82, 2.24) is 5.32 Å². The van der Waals surface area contributed by atoms with E-state index in [0.717, 1.165) is 11.1 Å². The molecule has 0 saturated carbocycles. The summed E-state index contributed by atoms with van der Waals surface area (Å²) >= 11 is 0. The molecule has 0 bridgehead atoms. The number of halogens is 1. The van der Waals surface area contributed by atoms with Crippen molar-refractivity contribution in [2.45, 2.75) is 12.8 Å². The minimum Gasteiger partial charge on any atom is -0.478 e. The highest BCUT2D eigenvalue weighted by molar-refractivity contribution is 6.12. The summed E-state index contributed by atoms with van der Waals surface area (Å²) in [4.78, 5) is 24.3. The van der Waals surface area contributed by atoms with E-state index in [0.29, 0.717) is 46.3 Å². The van der Waals surface area contributed by atoms with Gasteiger partial charge in [0.15, 0.2) is 0 Å². The van der Waals surface area contributed by atoms with Crippen molar-refractivity contribution in [3.63, 3.8) is 0 Å². The van der Waals surface area contributed by atoms with Crippen LogP contribution >= 0.6 is 0 Å². The molecule has 0 unspecified atom stereocenters. The molecule has 7 heteroatoms. The van der Waals surface area contributed by atoms with Crippen molar-refractivity contribution in [2.75, 3.05) is 13.7 Å². The quantitative estimate of drug-likeness (QED) is 0.375. The highest BCUT2D eigenvalue weighted by Crippen LogP contribution is 2.38. The van der Waals surface area contributed by atoms with Gasteiger partial charge in [-0.2, -0.15) is 0 Å². The lowest BCUT2D eigenvalue weighted by molar-refractivity contribution is 0.0696. The minimum absolute atomic E-state index is 0.00484. The first kappa shape index (κ1) is 22.2. The summed E-state index contributed by atoms with van der Waals surface area (Å²) in [7, 11) is 1.52. The molecule has 0 aliphatic heterocycles. The second kappa shape index (κ2) is 9.26. The van der Waals surface area contributed by atoms with Crippen LogP contribution in [0.15, 0.2) is 65.1 Å². The molecule has 1 amide bonds. The largest absolute Gasteiger partial charge is 0.478 e. The SMILES string of the molecule is CNC(=O)c1c(-c2ccc(F)cc2)oc2cc(CCCO)c(-c3cccc(C(=O)O)c3)cc12. The van der Waals surface area contributed by atoms with Crippen molar-refractivity contribution >= 4 is 22.8 Å². The Morgan fingerprint density at radius 3 is 2.45 bits per heavy atom. The molecule has 168 valence electrons. The molecule has 4 rings (SSSR count). The fourth-order valence-electron chi connectivity index (χ4n) is 3.90.